The Balaban J connectivity index is 0.000000199. The van der Waals surface area contributed by atoms with Gasteiger partial charge in [-0.25, -0.2) is 0 Å². The third-order valence-electron chi connectivity index (χ3n) is 3.14. The lowest BCUT2D eigenvalue weighted by Crippen LogP contribution is -2.18. The van der Waals surface area contributed by atoms with Crippen LogP contribution in [0.3, 0.4) is 0 Å². The van der Waals surface area contributed by atoms with Gasteiger partial charge in [0.1, 0.15) is 0 Å². The van der Waals surface area contributed by atoms with Crippen molar-refractivity contribution in [2.75, 3.05) is 0 Å². The lowest BCUT2D eigenvalue weighted by molar-refractivity contribution is -0.145. The Morgan fingerprint density at radius 2 is 1.52 bits per heavy atom. The smallest absolute Gasteiger partial charge is 0.308 e. The molecule has 0 aliphatic rings. The molecule has 0 saturated carbocycles. The van der Waals surface area contributed by atoms with Gasteiger partial charge in [0.05, 0.1) is 10.9 Å². The summed E-state index contributed by atoms with van der Waals surface area (Å²) in [7, 11) is 0. The highest BCUT2D eigenvalue weighted by atomic mass is 16.4. The van der Waals surface area contributed by atoms with E-state index in [4.69, 9.17) is 5.11 Å². The Morgan fingerprint density at radius 1 is 0.952 bits per heavy atom. The molecule has 3 nitrogen and oxygen atoms in total. The van der Waals surface area contributed by atoms with Crippen LogP contribution in [0, 0.1) is 5.41 Å². The number of hydrogen-bond acceptors (Lipinski definition) is 2. The third-order valence-corrected chi connectivity index (χ3v) is 3.14. The molecule has 0 unspecified atom stereocenters. The summed E-state index contributed by atoms with van der Waals surface area (Å²) < 4.78 is 0. The molecule has 3 heteroatoms. The molecular formula is C18H19NO2. The molecule has 0 aliphatic carbocycles. The zero-order valence-electron chi connectivity index (χ0n) is 12.5. The molecule has 1 aromatic heterocycles. The molecule has 0 aliphatic heterocycles. The first-order valence-electron chi connectivity index (χ1n) is 6.85. The maximum atomic E-state index is 10.0. The van der Waals surface area contributed by atoms with Gasteiger partial charge < -0.3 is 5.11 Å². The van der Waals surface area contributed by atoms with E-state index in [-0.39, 0.29) is 0 Å². The Kier molecular flexibility index (Phi) is 4.22. The fraction of sp³-hybridized carbons (Fsp3) is 0.222. The van der Waals surface area contributed by atoms with E-state index in [2.05, 4.69) is 47.4 Å². The van der Waals surface area contributed by atoms with E-state index in [1.165, 1.54) is 16.2 Å². The summed E-state index contributed by atoms with van der Waals surface area (Å²) in [4.78, 5) is 14.4. The van der Waals surface area contributed by atoms with E-state index in [9.17, 15) is 4.79 Å². The molecule has 0 saturated heterocycles. The third kappa shape index (κ3) is 3.57. The number of fused-ring (bicyclic) bond motifs is 3. The Labute approximate surface area is 124 Å². The molecule has 0 bridgehead atoms. The standard InChI is InChI=1S/C13H9N.C5H10O2/c1-2-6-12-10(4-1)7-8-11-5-3-9-14-13(11)12;1-5(2,3)4(6)7/h1-9H;1-3H3,(H,6,7). The normalized spacial score (nSPS) is 11.0. The predicted molar refractivity (Wildman–Crippen MR) is 86.3 cm³/mol. The van der Waals surface area contributed by atoms with Gasteiger partial charge in [-0.3, -0.25) is 9.78 Å². The van der Waals surface area contributed by atoms with Crippen molar-refractivity contribution in [3.63, 3.8) is 0 Å². The highest BCUT2D eigenvalue weighted by Gasteiger charge is 2.18. The molecule has 0 spiro atoms. The van der Waals surface area contributed by atoms with Crippen molar-refractivity contribution in [3.8, 4) is 0 Å². The van der Waals surface area contributed by atoms with Crippen LogP contribution in [0.1, 0.15) is 20.8 Å². The molecule has 0 radical (unpaired) electrons. The zero-order valence-corrected chi connectivity index (χ0v) is 12.5. The summed E-state index contributed by atoms with van der Waals surface area (Å²) >= 11 is 0. The predicted octanol–water partition coefficient (Wildman–Crippen LogP) is 4.51. The number of carboxylic acid groups (broad SMARTS) is 1. The Bertz CT molecular complexity index is 718. The van der Waals surface area contributed by atoms with Gasteiger partial charge in [-0.15, -0.1) is 0 Å². The van der Waals surface area contributed by atoms with Crippen LogP contribution < -0.4 is 0 Å². The maximum Gasteiger partial charge on any atom is 0.308 e. The summed E-state index contributed by atoms with van der Waals surface area (Å²) in [6.45, 7) is 4.99. The van der Waals surface area contributed by atoms with Crippen LogP contribution in [0.4, 0.5) is 0 Å². The second kappa shape index (κ2) is 5.92. The van der Waals surface area contributed by atoms with Crippen molar-refractivity contribution >= 4 is 27.6 Å². The molecular weight excluding hydrogens is 262 g/mol. The topological polar surface area (TPSA) is 50.2 Å². The number of carboxylic acids is 1. The highest BCUT2D eigenvalue weighted by molar-refractivity contribution is 6.04. The molecule has 1 heterocycles. The van der Waals surface area contributed by atoms with Crippen molar-refractivity contribution in [1.82, 2.24) is 4.98 Å². The minimum absolute atomic E-state index is 0.583. The minimum atomic E-state index is -0.757. The average Bonchev–Trinajstić information content (AvgIpc) is 2.47. The second-order valence-corrected chi connectivity index (χ2v) is 5.92. The van der Waals surface area contributed by atoms with E-state index in [0.29, 0.717) is 0 Å². The number of carbonyl (C=O) groups is 1. The van der Waals surface area contributed by atoms with Crippen LogP contribution in [0.2, 0.25) is 0 Å². The number of nitrogens with zero attached hydrogens (tertiary/aromatic N) is 1. The largest absolute Gasteiger partial charge is 0.481 e. The molecule has 21 heavy (non-hydrogen) atoms. The van der Waals surface area contributed by atoms with Crippen LogP contribution >= 0.6 is 0 Å². The van der Waals surface area contributed by atoms with Crippen LogP contribution in [-0.4, -0.2) is 16.1 Å². The van der Waals surface area contributed by atoms with E-state index in [0.717, 1.165) is 5.52 Å². The lowest BCUT2D eigenvalue weighted by atomic mass is 9.98. The first kappa shape index (κ1) is 15.0. The molecule has 0 atom stereocenters. The highest BCUT2D eigenvalue weighted by Crippen LogP contribution is 2.22. The number of pyridine rings is 1. The van der Waals surface area contributed by atoms with Gasteiger partial charge in [0.25, 0.3) is 0 Å². The van der Waals surface area contributed by atoms with Crippen molar-refractivity contribution in [1.29, 1.82) is 0 Å². The number of benzene rings is 2. The average molecular weight is 281 g/mol. The monoisotopic (exact) mass is 281 g/mol. The zero-order chi connectivity index (χ0) is 15.5. The molecule has 108 valence electrons. The van der Waals surface area contributed by atoms with Crippen LogP contribution in [0.5, 0.6) is 0 Å². The summed E-state index contributed by atoms with van der Waals surface area (Å²) in [5.41, 5.74) is 0.505. The fourth-order valence-corrected chi connectivity index (χ4v) is 1.81. The molecule has 1 N–H and O–H groups in total. The molecule has 2 aromatic carbocycles. The fourth-order valence-electron chi connectivity index (χ4n) is 1.81. The molecule has 0 fully saturated rings. The van der Waals surface area contributed by atoms with Crippen molar-refractivity contribution in [2.45, 2.75) is 20.8 Å². The number of aromatic nitrogens is 1. The first-order valence-corrected chi connectivity index (χ1v) is 6.85. The van der Waals surface area contributed by atoms with Crippen LogP contribution in [-0.2, 0) is 4.79 Å². The van der Waals surface area contributed by atoms with Crippen LogP contribution in [0.25, 0.3) is 21.7 Å². The molecule has 3 rings (SSSR count). The summed E-state index contributed by atoms with van der Waals surface area (Å²) in [6.07, 6.45) is 1.84. The van der Waals surface area contributed by atoms with Gasteiger partial charge in [0.2, 0.25) is 0 Å². The SMILES string of the molecule is CC(C)(C)C(=O)O.c1ccc2c(c1)ccc1cccnc12. The first-order chi connectivity index (χ1) is 9.89. The van der Waals surface area contributed by atoms with Gasteiger partial charge in [-0.2, -0.15) is 0 Å². The molecule has 0 amide bonds. The van der Waals surface area contributed by atoms with E-state index < -0.39 is 11.4 Å². The summed E-state index contributed by atoms with van der Waals surface area (Å²) in [6, 6.07) is 16.7. The van der Waals surface area contributed by atoms with Crippen LogP contribution in [0.15, 0.2) is 54.7 Å². The van der Waals surface area contributed by atoms with E-state index in [1.807, 2.05) is 12.3 Å². The van der Waals surface area contributed by atoms with E-state index >= 15 is 0 Å². The maximum absolute atomic E-state index is 10.0. The van der Waals surface area contributed by atoms with Gasteiger partial charge in [0.15, 0.2) is 0 Å². The number of rotatable bonds is 0. The van der Waals surface area contributed by atoms with E-state index in [1.54, 1.807) is 20.8 Å². The van der Waals surface area contributed by atoms with Gasteiger partial charge in [-0.05, 0) is 32.2 Å². The van der Waals surface area contributed by atoms with Crippen molar-refractivity contribution < 1.29 is 9.90 Å². The van der Waals surface area contributed by atoms with Gasteiger partial charge in [-0.1, -0.05) is 42.5 Å². The van der Waals surface area contributed by atoms with Crippen molar-refractivity contribution in [2.24, 2.45) is 5.41 Å². The summed E-state index contributed by atoms with van der Waals surface area (Å²) in [5, 5.41) is 11.9. The summed E-state index contributed by atoms with van der Waals surface area (Å²) in [5.74, 6) is -0.757. The van der Waals surface area contributed by atoms with Gasteiger partial charge >= 0.3 is 5.97 Å². The molecule has 3 aromatic rings. The Morgan fingerprint density at radius 3 is 2.19 bits per heavy atom. The minimum Gasteiger partial charge on any atom is -0.481 e. The second-order valence-electron chi connectivity index (χ2n) is 5.92. The lowest BCUT2D eigenvalue weighted by Gasteiger charge is -2.08. The Hall–Kier alpha value is -2.42. The number of aliphatic carboxylic acids is 1. The van der Waals surface area contributed by atoms with Crippen molar-refractivity contribution in [3.05, 3.63) is 54.7 Å². The van der Waals surface area contributed by atoms with Gasteiger partial charge in [0, 0.05) is 17.0 Å². The quantitative estimate of drug-likeness (QED) is 0.617. The number of hydrogen-bond donors (Lipinski definition) is 1.